The molecule has 0 aromatic heterocycles. The smallest absolute Gasteiger partial charge is 0.257 e. The van der Waals surface area contributed by atoms with Gasteiger partial charge in [0, 0.05) is 25.7 Å². The Kier molecular flexibility index (Phi) is 3.88. The highest BCUT2D eigenvalue weighted by Gasteiger charge is 2.25. The van der Waals surface area contributed by atoms with Gasteiger partial charge in [-0.3, -0.25) is 4.79 Å². The van der Waals surface area contributed by atoms with Crippen LogP contribution in [0.15, 0.2) is 18.2 Å². The van der Waals surface area contributed by atoms with Crippen molar-refractivity contribution in [2.75, 3.05) is 26.2 Å². The molecular formula is C12H14F2N2O2. The van der Waals surface area contributed by atoms with E-state index < -0.39 is 17.5 Å². The summed E-state index contributed by atoms with van der Waals surface area (Å²) in [6, 6.07) is 2.92. The van der Waals surface area contributed by atoms with E-state index in [1.807, 2.05) is 0 Å². The number of nitrogens with zero attached hydrogens (tertiary/aromatic N) is 1. The van der Waals surface area contributed by atoms with Gasteiger partial charge in [0.2, 0.25) is 0 Å². The molecule has 1 saturated heterocycles. The first kappa shape index (κ1) is 12.9. The van der Waals surface area contributed by atoms with E-state index in [0.717, 1.165) is 12.1 Å². The van der Waals surface area contributed by atoms with Crippen LogP contribution in [0.5, 0.6) is 0 Å². The fraction of sp³-hybridized carbons (Fsp3) is 0.417. The average molecular weight is 256 g/mol. The molecule has 6 heteroatoms. The molecule has 0 spiro atoms. The zero-order chi connectivity index (χ0) is 13.1. The topological polar surface area (TPSA) is 55.6 Å². The lowest BCUT2D eigenvalue weighted by atomic mass is 10.1. The number of benzene rings is 1. The minimum Gasteiger partial charge on any atom is -0.373 e. The predicted molar refractivity (Wildman–Crippen MR) is 61.1 cm³/mol. The number of ether oxygens (including phenoxy) is 1. The van der Waals surface area contributed by atoms with E-state index in [0.29, 0.717) is 32.3 Å². The lowest BCUT2D eigenvalue weighted by molar-refractivity contribution is -0.0169. The van der Waals surface area contributed by atoms with E-state index in [4.69, 9.17) is 10.5 Å². The molecule has 0 radical (unpaired) electrons. The molecule has 4 nitrogen and oxygen atoms in total. The normalized spacial score (nSPS) is 19.9. The number of carbonyl (C=O) groups is 1. The maximum atomic E-state index is 13.5. The second-order valence-electron chi connectivity index (χ2n) is 4.10. The Bertz CT molecular complexity index is 454. The number of amides is 1. The molecule has 98 valence electrons. The lowest BCUT2D eigenvalue weighted by Gasteiger charge is -2.32. The molecule has 2 rings (SSSR count). The summed E-state index contributed by atoms with van der Waals surface area (Å²) in [5, 5.41) is 0. The Morgan fingerprint density at radius 2 is 2.28 bits per heavy atom. The summed E-state index contributed by atoms with van der Waals surface area (Å²) in [4.78, 5) is 13.5. The minimum atomic E-state index is -0.851. The number of nitrogens with two attached hydrogens (primary N) is 1. The maximum Gasteiger partial charge on any atom is 0.257 e. The lowest BCUT2D eigenvalue weighted by Crippen LogP contribution is -2.48. The molecule has 2 N–H and O–H groups in total. The second-order valence-corrected chi connectivity index (χ2v) is 4.10. The highest BCUT2D eigenvalue weighted by atomic mass is 19.1. The van der Waals surface area contributed by atoms with Gasteiger partial charge in [-0.15, -0.1) is 0 Å². The van der Waals surface area contributed by atoms with Crippen molar-refractivity contribution in [3.05, 3.63) is 35.4 Å². The summed E-state index contributed by atoms with van der Waals surface area (Å²) in [6.45, 7) is 1.38. The van der Waals surface area contributed by atoms with E-state index in [-0.39, 0.29) is 11.7 Å². The molecule has 1 heterocycles. The van der Waals surface area contributed by atoms with Gasteiger partial charge in [-0.05, 0) is 12.1 Å². The Morgan fingerprint density at radius 1 is 1.50 bits per heavy atom. The molecule has 1 fully saturated rings. The summed E-state index contributed by atoms with van der Waals surface area (Å²) in [6.07, 6.45) is -0.230. The van der Waals surface area contributed by atoms with Gasteiger partial charge in [0.25, 0.3) is 5.91 Å². The Morgan fingerprint density at radius 3 is 2.94 bits per heavy atom. The molecule has 0 aliphatic carbocycles. The molecule has 1 atom stereocenters. The number of rotatable bonds is 2. The fourth-order valence-corrected chi connectivity index (χ4v) is 1.88. The van der Waals surface area contributed by atoms with Crippen LogP contribution in [0, 0.1) is 11.6 Å². The van der Waals surface area contributed by atoms with E-state index in [2.05, 4.69) is 0 Å². The van der Waals surface area contributed by atoms with E-state index >= 15 is 0 Å². The second kappa shape index (κ2) is 5.41. The zero-order valence-electron chi connectivity index (χ0n) is 9.73. The van der Waals surface area contributed by atoms with Crippen molar-refractivity contribution >= 4 is 5.91 Å². The van der Waals surface area contributed by atoms with Crippen LogP contribution in [-0.4, -0.2) is 43.2 Å². The van der Waals surface area contributed by atoms with Crippen molar-refractivity contribution in [1.82, 2.24) is 4.90 Å². The molecular weight excluding hydrogens is 242 g/mol. The maximum absolute atomic E-state index is 13.5. The minimum absolute atomic E-state index is 0.130. The third-order valence-corrected chi connectivity index (χ3v) is 2.85. The first-order chi connectivity index (χ1) is 8.61. The van der Waals surface area contributed by atoms with Gasteiger partial charge in [-0.2, -0.15) is 0 Å². The van der Waals surface area contributed by atoms with Crippen molar-refractivity contribution < 1.29 is 18.3 Å². The van der Waals surface area contributed by atoms with E-state index in [9.17, 15) is 13.6 Å². The highest BCUT2D eigenvalue weighted by molar-refractivity contribution is 5.94. The monoisotopic (exact) mass is 256 g/mol. The first-order valence-corrected chi connectivity index (χ1v) is 5.68. The SMILES string of the molecule is NC[C@@H]1CN(C(=O)c2ccc(F)cc2F)CCO1. The van der Waals surface area contributed by atoms with Gasteiger partial charge < -0.3 is 15.4 Å². The van der Waals surface area contributed by atoms with Crippen LogP contribution in [-0.2, 0) is 4.74 Å². The summed E-state index contributed by atoms with van der Waals surface area (Å²) in [5.41, 5.74) is 5.34. The fourth-order valence-electron chi connectivity index (χ4n) is 1.88. The molecule has 1 aromatic rings. The average Bonchev–Trinajstić information content (AvgIpc) is 2.38. The number of hydrogen-bond acceptors (Lipinski definition) is 3. The van der Waals surface area contributed by atoms with Crippen molar-refractivity contribution in [3.8, 4) is 0 Å². The quantitative estimate of drug-likeness (QED) is 0.850. The van der Waals surface area contributed by atoms with Crippen molar-refractivity contribution in [3.63, 3.8) is 0 Å². The molecule has 1 amide bonds. The standard InChI is InChI=1S/C12H14F2N2O2/c13-8-1-2-10(11(14)5-8)12(17)16-3-4-18-9(6-15)7-16/h1-2,5,9H,3-4,6-7,15H2/t9-/m1/s1. The zero-order valence-corrected chi connectivity index (χ0v) is 9.73. The third-order valence-electron chi connectivity index (χ3n) is 2.85. The summed E-state index contributed by atoms with van der Waals surface area (Å²) >= 11 is 0. The summed E-state index contributed by atoms with van der Waals surface area (Å²) in [5.74, 6) is -2.02. The van der Waals surface area contributed by atoms with Gasteiger partial charge in [-0.25, -0.2) is 8.78 Å². The molecule has 18 heavy (non-hydrogen) atoms. The summed E-state index contributed by atoms with van der Waals surface area (Å²) < 4.78 is 31.6. The van der Waals surface area contributed by atoms with Crippen LogP contribution in [0.1, 0.15) is 10.4 Å². The molecule has 1 aliphatic heterocycles. The predicted octanol–water partition coefficient (Wildman–Crippen LogP) is 0.764. The number of hydrogen-bond donors (Lipinski definition) is 1. The van der Waals surface area contributed by atoms with Crippen molar-refractivity contribution in [2.45, 2.75) is 6.10 Å². The van der Waals surface area contributed by atoms with Crippen LogP contribution in [0.25, 0.3) is 0 Å². The van der Waals surface area contributed by atoms with Gasteiger partial charge in [0.15, 0.2) is 0 Å². The third kappa shape index (κ3) is 2.65. The Labute approximate surface area is 103 Å². The van der Waals surface area contributed by atoms with Crippen LogP contribution in [0.2, 0.25) is 0 Å². The summed E-state index contributed by atoms with van der Waals surface area (Å²) in [7, 11) is 0. The van der Waals surface area contributed by atoms with Crippen LogP contribution < -0.4 is 5.73 Å². The van der Waals surface area contributed by atoms with Gasteiger partial charge in [-0.1, -0.05) is 0 Å². The number of carbonyl (C=O) groups excluding carboxylic acids is 1. The molecule has 0 unspecified atom stereocenters. The van der Waals surface area contributed by atoms with E-state index in [1.54, 1.807) is 0 Å². The number of morpholine rings is 1. The molecule has 0 saturated carbocycles. The molecule has 1 aliphatic rings. The van der Waals surface area contributed by atoms with Gasteiger partial charge in [0.1, 0.15) is 11.6 Å². The van der Waals surface area contributed by atoms with Crippen LogP contribution in [0.4, 0.5) is 8.78 Å². The largest absolute Gasteiger partial charge is 0.373 e. The number of halogens is 2. The highest BCUT2D eigenvalue weighted by Crippen LogP contribution is 2.14. The first-order valence-electron chi connectivity index (χ1n) is 5.68. The van der Waals surface area contributed by atoms with Crippen molar-refractivity contribution in [1.29, 1.82) is 0 Å². The molecule has 0 bridgehead atoms. The van der Waals surface area contributed by atoms with Crippen molar-refractivity contribution in [2.24, 2.45) is 5.73 Å². The van der Waals surface area contributed by atoms with Gasteiger partial charge in [0.05, 0.1) is 18.3 Å². The van der Waals surface area contributed by atoms with Crippen LogP contribution >= 0.6 is 0 Å². The van der Waals surface area contributed by atoms with Gasteiger partial charge >= 0.3 is 0 Å². The van der Waals surface area contributed by atoms with E-state index in [1.165, 1.54) is 4.90 Å². The van der Waals surface area contributed by atoms with Crippen LogP contribution in [0.3, 0.4) is 0 Å². The Hall–Kier alpha value is -1.53. The Balaban J connectivity index is 2.15. The molecule has 1 aromatic carbocycles.